The molecule has 0 saturated carbocycles. The second kappa shape index (κ2) is 4.33. The van der Waals surface area contributed by atoms with E-state index in [1.807, 2.05) is 6.20 Å². The van der Waals surface area contributed by atoms with E-state index >= 15 is 0 Å². The van der Waals surface area contributed by atoms with Crippen molar-refractivity contribution in [3.8, 4) is 11.3 Å². The zero-order valence-electron chi connectivity index (χ0n) is 11.0. The lowest BCUT2D eigenvalue weighted by Gasteiger charge is -2.18. The van der Waals surface area contributed by atoms with Crippen molar-refractivity contribution < 1.29 is 0 Å². The molecule has 1 nitrogen and oxygen atoms in total. The molecular weight excluding hydrogens is 206 g/mol. The van der Waals surface area contributed by atoms with E-state index in [-0.39, 0.29) is 5.41 Å². The van der Waals surface area contributed by atoms with Crippen LogP contribution in [0.5, 0.6) is 0 Å². The van der Waals surface area contributed by atoms with Crippen LogP contribution in [-0.4, -0.2) is 4.98 Å². The molecule has 2 aromatic rings. The topological polar surface area (TPSA) is 12.9 Å². The molecule has 0 aliphatic rings. The van der Waals surface area contributed by atoms with E-state index in [1.165, 1.54) is 16.7 Å². The summed E-state index contributed by atoms with van der Waals surface area (Å²) in [6, 6.07) is 12.7. The van der Waals surface area contributed by atoms with Crippen molar-refractivity contribution in [2.45, 2.75) is 33.1 Å². The molecule has 0 unspecified atom stereocenters. The Balaban J connectivity index is 2.36. The zero-order chi connectivity index (χ0) is 12.5. The molecule has 0 fully saturated rings. The first-order valence-corrected chi connectivity index (χ1v) is 6.00. The fourth-order valence-corrected chi connectivity index (χ4v) is 1.81. The number of hydrogen-bond acceptors (Lipinski definition) is 1. The third-order valence-electron chi connectivity index (χ3n) is 2.94. The summed E-state index contributed by atoms with van der Waals surface area (Å²) in [6.07, 6.45) is 1.98. The largest absolute Gasteiger partial charge is 0.256 e. The number of hydrogen-bond donors (Lipinski definition) is 0. The standard InChI is InChI=1S/C16H19N/c1-12-6-5-7-13(10-12)15-9-8-14(11-17-15)16(2,3)4/h5-11H,1-4H3. The molecule has 17 heavy (non-hydrogen) atoms. The molecule has 1 aromatic heterocycles. The molecule has 0 N–H and O–H groups in total. The molecule has 1 heteroatoms. The van der Waals surface area contributed by atoms with Gasteiger partial charge in [0.25, 0.3) is 0 Å². The first-order chi connectivity index (χ1) is 7.97. The van der Waals surface area contributed by atoms with Crippen molar-refractivity contribution in [2.75, 3.05) is 0 Å². The summed E-state index contributed by atoms with van der Waals surface area (Å²) < 4.78 is 0. The van der Waals surface area contributed by atoms with Crippen LogP contribution in [-0.2, 0) is 5.41 Å². The Morgan fingerprint density at radius 3 is 2.29 bits per heavy atom. The van der Waals surface area contributed by atoms with Crippen LogP contribution in [0.3, 0.4) is 0 Å². The molecule has 0 atom stereocenters. The van der Waals surface area contributed by atoms with Crippen LogP contribution in [0.15, 0.2) is 42.6 Å². The Morgan fingerprint density at radius 1 is 1.00 bits per heavy atom. The highest BCUT2D eigenvalue weighted by atomic mass is 14.7. The maximum atomic E-state index is 4.56. The van der Waals surface area contributed by atoms with Gasteiger partial charge in [0.1, 0.15) is 0 Å². The van der Waals surface area contributed by atoms with E-state index in [9.17, 15) is 0 Å². The summed E-state index contributed by atoms with van der Waals surface area (Å²) in [4.78, 5) is 4.56. The fraction of sp³-hybridized carbons (Fsp3) is 0.312. The number of aromatic nitrogens is 1. The third-order valence-corrected chi connectivity index (χ3v) is 2.94. The fourth-order valence-electron chi connectivity index (χ4n) is 1.81. The highest BCUT2D eigenvalue weighted by molar-refractivity contribution is 5.60. The number of nitrogens with zero attached hydrogens (tertiary/aromatic N) is 1. The molecule has 0 spiro atoms. The Hall–Kier alpha value is -1.63. The van der Waals surface area contributed by atoms with E-state index in [0.29, 0.717) is 0 Å². The zero-order valence-corrected chi connectivity index (χ0v) is 11.0. The second-order valence-electron chi connectivity index (χ2n) is 5.55. The first kappa shape index (κ1) is 11.8. The van der Waals surface area contributed by atoms with Crippen LogP contribution in [0.25, 0.3) is 11.3 Å². The Kier molecular flexibility index (Phi) is 3.01. The highest BCUT2D eigenvalue weighted by Gasteiger charge is 2.13. The molecule has 0 bridgehead atoms. The van der Waals surface area contributed by atoms with Crippen LogP contribution >= 0.6 is 0 Å². The van der Waals surface area contributed by atoms with Gasteiger partial charge in [-0.15, -0.1) is 0 Å². The lowest BCUT2D eigenvalue weighted by Crippen LogP contribution is -2.11. The Bertz CT molecular complexity index is 504. The minimum Gasteiger partial charge on any atom is -0.256 e. The van der Waals surface area contributed by atoms with E-state index < -0.39 is 0 Å². The molecule has 2 rings (SSSR count). The van der Waals surface area contributed by atoms with Gasteiger partial charge in [-0.2, -0.15) is 0 Å². The van der Waals surface area contributed by atoms with E-state index in [4.69, 9.17) is 0 Å². The summed E-state index contributed by atoms with van der Waals surface area (Å²) in [5.74, 6) is 0. The molecule has 0 aliphatic heterocycles. The molecular formula is C16H19N. The number of rotatable bonds is 1. The smallest absolute Gasteiger partial charge is 0.0702 e. The highest BCUT2D eigenvalue weighted by Crippen LogP contribution is 2.24. The van der Waals surface area contributed by atoms with Crippen molar-refractivity contribution >= 4 is 0 Å². The lowest BCUT2D eigenvalue weighted by molar-refractivity contribution is 0.587. The summed E-state index contributed by atoms with van der Waals surface area (Å²) in [5, 5.41) is 0. The van der Waals surface area contributed by atoms with Crippen LogP contribution in [0.4, 0.5) is 0 Å². The van der Waals surface area contributed by atoms with Gasteiger partial charge in [0.15, 0.2) is 0 Å². The summed E-state index contributed by atoms with van der Waals surface area (Å²) in [7, 11) is 0. The molecule has 0 aliphatic carbocycles. The molecule has 88 valence electrons. The molecule has 0 saturated heterocycles. The average molecular weight is 225 g/mol. The van der Waals surface area contributed by atoms with Crippen LogP contribution in [0.2, 0.25) is 0 Å². The SMILES string of the molecule is Cc1cccc(-c2ccc(C(C)(C)C)cn2)c1. The van der Waals surface area contributed by atoms with Crippen LogP contribution < -0.4 is 0 Å². The Morgan fingerprint density at radius 2 is 1.76 bits per heavy atom. The van der Waals surface area contributed by atoms with Gasteiger partial charge < -0.3 is 0 Å². The van der Waals surface area contributed by atoms with Crippen molar-refractivity contribution in [2.24, 2.45) is 0 Å². The van der Waals surface area contributed by atoms with Gasteiger partial charge in [0, 0.05) is 11.8 Å². The van der Waals surface area contributed by atoms with Crippen LogP contribution in [0.1, 0.15) is 31.9 Å². The van der Waals surface area contributed by atoms with Crippen LogP contribution in [0, 0.1) is 6.92 Å². The first-order valence-electron chi connectivity index (χ1n) is 6.00. The maximum absolute atomic E-state index is 4.56. The molecule has 0 radical (unpaired) electrons. The predicted molar refractivity (Wildman–Crippen MR) is 73.1 cm³/mol. The van der Waals surface area contributed by atoms with Crippen molar-refractivity contribution in [1.29, 1.82) is 0 Å². The minimum absolute atomic E-state index is 0.165. The van der Waals surface area contributed by atoms with Crippen molar-refractivity contribution in [3.63, 3.8) is 0 Å². The Labute approximate surface area is 104 Å². The van der Waals surface area contributed by atoms with Gasteiger partial charge in [-0.1, -0.05) is 50.6 Å². The van der Waals surface area contributed by atoms with Crippen molar-refractivity contribution in [3.05, 3.63) is 53.7 Å². The summed E-state index contributed by atoms with van der Waals surface area (Å²) in [5.41, 5.74) is 4.93. The normalized spacial score (nSPS) is 11.5. The van der Waals surface area contributed by atoms with Gasteiger partial charge in [-0.3, -0.25) is 4.98 Å². The van der Waals surface area contributed by atoms with E-state index in [0.717, 1.165) is 5.69 Å². The quantitative estimate of drug-likeness (QED) is 0.703. The van der Waals surface area contributed by atoms with Gasteiger partial charge in [-0.05, 0) is 30.0 Å². The van der Waals surface area contributed by atoms with Gasteiger partial charge in [0.2, 0.25) is 0 Å². The molecule has 0 amide bonds. The van der Waals surface area contributed by atoms with Gasteiger partial charge in [0.05, 0.1) is 5.69 Å². The van der Waals surface area contributed by atoms with Crippen molar-refractivity contribution in [1.82, 2.24) is 4.98 Å². The second-order valence-corrected chi connectivity index (χ2v) is 5.55. The minimum atomic E-state index is 0.165. The maximum Gasteiger partial charge on any atom is 0.0702 e. The van der Waals surface area contributed by atoms with Gasteiger partial charge >= 0.3 is 0 Å². The number of benzene rings is 1. The molecule has 1 aromatic carbocycles. The predicted octanol–water partition coefficient (Wildman–Crippen LogP) is 4.35. The third kappa shape index (κ3) is 2.73. The summed E-state index contributed by atoms with van der Waals surface area (Å²) >= 11 is 0. The lowest BCUT2D eigenvalue weighted by atomic mass is 9.88. The average Bonchev–Trinajstić information content (AvgIpc) is 2.28. The summed E-state index contributed by atoms with van der Waals surface area (Å²) in [6.45, 7) is 8.72. The van der Waals surface area contributed by atoms with E-state index in [1.54, 1.807) is 0 Å². The monoisotopic (exact) mass is 225 g/mol. The van der Waals surface area contributed by atoms with Gasteiger partial charge in [-0.25, -0.2) is 0 Å². The number of pyridine rings is 1. The number of aryl methyl sites for hydroxylation is 1. The van der Waals surface area contributed by atoms with E-state index in [2.05, 4.69) is 69.1 Å². The molecule has 1 heterocycles.